The fraction of sp³-hybridized carbons (Fsp3) is 1.00. The summed E-state index contributed by atoms with van der Waals surface area (Å²) in [6, 6.07) is -4.11. The van der Waals surface area contributed by atoms with Crippen molar-refractivity contribution >= 4 is 0 Å². The van der Waals surface area contributed by atoms with Crippen LogP contribution in [0, 0.1) is 20.2 Å². The maximum Gasteiger partial charge on any atom is 0.269 e. The Morgan fingerprint density at radius 2 is 0.875 bits per heavy atom. The number of nitrogens with zero attached hydrogens (tertiary/aromatic N) is 2. The highest BCUT2D eigenvalue weighted by Gasteiger charge is 2.60. The zero-order chi connectivity index (χ0) is 12.6. The van der Waals surface area contributed by atoms with Gasteiger partial charge in [0.25, 0.3) is 12.1 Å². The molecule has 92 valence electrons. The molecule has 1 aliphatic carbocycles. The van der Waals surface area contributed by atoms with Gasteiger partial charge in [0.15, 0.2) is 24.4 Å². The molecule has 4 N–H and O–H groups in total. The van der Waals surface area contributed by atoms with Crippen LogP contribution in [-0.2, 0) is 0 Å². The molecule has 0 heterocycles. The lowest BCUT2D eigenvalue weighted by atomic mass is 9.82. The second kappa shape index (κ2) is 4.25. The molecule has 0 radical (unpaired) electrons. The van der Waals surface area contributed by atoms with Gasteiger partial charge < -0.3 is 20.4 Å². The average molecular weight is 238 g/mol. The molecule has 0 saturated heterocycles. The van der Waals surface area contributed by atoms with Gasteiger partial charge in [0.05, 0.1) is 0 Å². The maximum atomic E-state index is 10.4. The van der Waals surface area contributed by atoms with E-state index in [9.17, 15) is 40.7 Å². The molecule has 0 aromatic carbocycles. The van der Waals surface area contributed by atoms with Crippen molar-refractivity contribution in [3.05, 3.63) is 20.2 Å². The van der Waals surface area contributed by atoms with Crippen LogP contribution in [0.15, 0.2) is 0 Å². The molecule has 0 aromatic rings. The summed E-state index contributed by atoms with van der Waals surface area (Å²) in [5, 5.41) is 57.9. The number of hydrogen-bond acceptors (Lipinski definition) is 8. The first-order valence-electron chi connectivity index (χ1n) is 4.28. The van der Waals surface area contributed by atoms with Gasteiger partial charge in [-0.1, -0.05) is 0 Å². The van der Waals surface area contributed by atoms with Crippen LogP contribution in [0.1, 0.15) is 0 Å². The molecule has 0 aromatic heterocycles. The van der Waals surface area contributed by atoms with E-state index in [1.54, 1.807) is 0 Å². The summed E-state index contributed by atoms with van der Waals surface area (Å²) in [6.45, 7) is 0. The molecule has 1 fully saturated rings. The van der Waals surface area contributed by atoms with Crippen LogP contribution in [-0.4, -0.2) is 66.8 Å². The van der Waals surface area contributed by atoms with Crippen molar-refractivity contribution < 1.29 is 30.3 Å². The Balaban J connectivity index is 3.03. The monoisotopic (exact) mass is 238 g/mol. The van der Waals surface area contributed by atoms with Crippen molar-refractivity contribution in [2.75, 3.05) is 0 Å². The largest absolute Gasteiger partial charge is 0.383 e. The molecule has 0 unspecified atom stereocenters. The summed E-state index contributed by atoms with van der Waals surface area (Å²) in [5.41, 5.74) is 0. The van der Waals surface area contributed by atoms with Crippen LogP contribution in [0.25, 0.3) is 0 Å². The molecule has 0 aliphatic heterocycles. The molecular weight excluding hydrogens is 228 g/mol. The van der Waals surface area contributed by atoms with E-state index in [0.29, 0.717) is 0 Å². The summed E-state index contributed by atoms with van der Waals surface area (Å²) >= 11 is 0. The quantitative estimate of drug-likeness (QED) is 0.287. The van der Waals surface area contributed by atoms with Crippen molar-refractivity contribution in [2.45, 2.75) is 36.5 Å². The van der Waals surface area contributed by atoms with Crippen LogP contribution >= 0.6 is 0 Å². The van der Waals surface area contributed by atoms with Gasteiger partial charge in [-0.25, -0.2) is 0 Å². The van der Waals surface area contributed by atoms with Gasteiger partial charge in [-0.2, -0.15) is 0 Å². The molecule has 1 aliphatic rings. The minimum Gasteiger partial charge on any atom is -0.383 e. The van der Waals surface area contributed by atoms with Gasteiger partial charge in [-0.05, 0) is 0 Å². The van der Waals surface area contributed by atoms with Crippen LogP contribution in [0.5, 0.6) is 0 Å². The van der Waals surface area contributed by atoms with Crippen molar-refractivity contribution in [1.29, 1.82) is 0 Å². The van der Waals surface area contributed by atoms with Crippen LogP contribution in [0.4, 0.5) is 0 Å². The standard InChI is InChI=1S/C6H10N2O8/c9-3-1(7(13)14)4(10)6(12)2(5(3)11)8(15)16/h1-6,9-12H/t1?,2?,3-,4-,5+,6+. The summed E-state index contributed by atoms with van der Waals surface area (Å²) in [4.78, 5) is 18.7. The van der Waals surface area contributed by atoms with Crippen molar-refractivity contribution in [3.8, 4) is 0 Å². The predicted molar refractivity (Wildman–Crippen MR) is 45.6 cm³/mol. The van der Waals surface area contributed by atoms with E-state index in [-0.39, 0.29) is 0 Å². The first-order valence-corrected chi connectivity index (χ1v) is 4.28. The molecule has 10 heteroatoms. The molecule has 0 spiro atoms. The van der Waals surface area contributed by atoms with E-state index in [0.717, 1.165) is 0 Å². The summed E-state index contributed by atoms with van der Waals surface area (Å²) in [6.07, 6.45) is -8.43. The lowest BCUT2D eigenvalue weighted by Gasteiger charge is -2.35. The zero-order valence-electron chi connectivity index (χ0n) is 7.78. The van der Waals surface area contributed by atoms with Gasteiger partial charge in [0, 0.05) is 9.85 Å². The first kappa shape index (κ1) is 12.7. The lowest BCUT2D eigenvalue weighted by molar-refractivity contribution is -0.595. The number of nitro groups is 2. The van der Waals surface area contributed by atoms with Gasteiger partial charge in [0.1, 0.15) is 0 Å². The first-order chi connectivity index (χ1) is 7.29. The third-order valence-corrected chi connectivity index (χ3v) is 2.59. The van der Waals surface area contributed by atoms with Crippen molar-refractivity contribution in [1.82, 2.24) is 0 Å². The van der Waals surface area contributed by atoms with Crippen LogP contribution < -0.4 is 0 Å². The lowest BCUT2D eigenvalue weighted by Crippen LogP contribution is -2.67. The topological polar surface area (TPSA) is 167 Å². The Morgan fingerprint density at radius 1 is 0.688 bits per heavy atom. The Hall–Kier alpha value is -1.36. The van der Waals surface area contributed by atoms with Crippen LogP contribution in [0.3, 0.4) is 0 Å². The summed E-state index contributed by atoms with van der Waals surface area (Å²) in [7, 11) is 0. The second-order valence-corrected chi connectivity index (χ2v) is 3.51. The van der Waals surface area contributed by atoms with E-state index in [1.807, 2.05) is 0 Å². The highest BCUT2D eigenvalue weighted by Crippen LogP contribution is 2.24. The third-order valence-electron chi connectivity index (χ3n) is 2.59. The van der Waals surface area contributed by atoms with Gasteiger partial charge in [-0.15, -0.1) is 0 Å². The normalized spacial score (nSPS) is 44.0. The van der Waals surface area contributed by atoms with E-state index in [2.05, 4.69) is 0 Å². The van der Waals surface area contributed by atoms with Crippen molar-refractivity contribution in [3.63, 3.8) is 0 Å². The van der Waals surface area contributed by atoms with Gasteiger partial charge >= 0.3 is 0 Å². The Labute approximate surface area is 88.0 Å². The molecule has 0 amide bonds. The maximum absolute atomic E-state index is 10.4. The molecule has 16 heavy (non-hydrogen) atoms. The Morgan fingerprint density at radius 3 is 1.00 bits per heavy atom. The summed E-state index contributed by atoms with van der Waals surface area (Å²) in [5.74, 6) is 0. The number of hydrogen-bond donors (Lipinski definition) is 4. The average Bonchev–Trinajstić information content (AvgIpc) is 2.14. The minimum absolute atomic E-state index is 1.10. The number of aliphatic hydroxyl groups excluding tert-OH is 4. The molecule has 10 nitrogen and oxygen atoms in total. The van der Waals surface area contributed by atoms with Crippen LogP contribution in [0.2, 0.25) is 0 Å². The zero-order valence-corrected chi connectivity index (χ0v) is 7.78. The van der Waals surface area contributed by atoms with Gasteiger partial charge in [-0.3, -0.25) is 20.2 Å². The second-order valence-electron chi connectivity index (χ2n) is 3.51. The molecule has 4 atom stereocenters. The van der Waals surface area contributed by atoms with E-state index in [1.165, 1.54) is 0 Å². The molecule has 1 saturated carbocycles. The number of rotatable bonds is 2. The smallest absolute Gasteiger partial charge is 0.269 e. The highest BCUT2D eigenvalue weighted by atomic mass is 16.6. The SMILES string of the molecule is O=[N+]([O-])C1[C@@H](O)[C@@H](O)C([N+](=O)[O-])[C@H](O)[C@@H]1O. The van der Waals surface area contributed by atoms with Gasteiger partial charge in [0.2, 0.25) is 0 Å². The highest BCUT2D eigenvalue weighted by molar-refractivity contribution is 4.99. The molecule has 1 rings (SSSR count). The molecule has 0 bridgehead atoms. The molecular formula is C6H10N2O8. The Bertz CT molecular complexity index is 263. The van der Waals surface area contributed by atoms with E-state index in [4.69, 9.17) is 0 Å². The van der Waals surface area contributed by atoms with Crippen molar-refractivity contribution in [2.24, 2.45) is 0 Å². The minimum atomic E-state index is -2.11. The van der Waals surface area contributed by atoms with E-state index >= 15 is 0 Å². The van der Waals surface area contributed by atoms with E-state index < -0.39 is 46.3 Å². The third kappa shape index (κ3) is 1.82. The fourth-order valence-electron chi connectivity index (χ4n) is 1.71. The number of aliphatic hydroxyl groups is 4. The summed E-state index contributed by atoms with van der Waals surface area (Å²) < 4.78 is 0. The predicted octanol–water partition coefficient (Wildman–Crippen LogP) is -3.27. The Kier molecular flexibility index (Phi) is 3.38. The fourth-order valence-corrected chi connectivity index (χ4v) is 1.71.